The number of nitrogens with zero attached hydrogens (tertiary/aromatic N) is 3. The van der Waals surface area contributed by atoms with Crippen molar-refractivity contribution in [1.29, 1.82) is 0 Å². The van der Waals surface area contributed by atoms with Gasteiger partial charge in [0, 0.05) is 13.0 Å². The first kappa shape index (κ1) is 18.7. The molecule has 7 heteroatoms. The monoisotopic (exact) mass is 397 g/mol. The maximum Gasteiger partial charge on any atom is 0.319 e. The number of aryl methyl sites for hydroxylation is 1. The molecule has 0 amide bonds. The SMILES string of the molecule is C[C@@H]1C[C@H](Sc2nnc(-c3ccccc3F)n2CCc2ccccc2)C(=O)O1. The Morgan fingerprint density at radius 2 is 1.89 bits per heavy atom. The molecule has 1 aliphatic rings. The molecule has 1 fully saturated rings. The summed E-state index contributed by atoms with van der Waals surface area (Å²) in [6, 6.07) is 16.6. The van der Waals surface area contributed by atoms with Gasteiger partial charge < -0.3 is 9.30 Å². The van der Waals surface area contributed by atoms with Gasteiger partial charge in [0.1, 0.15) is 17.2 Å². The van der Waals surface area contributed by atoms with E-state index in [4.69, 9.17) is 4.74 Å². The van der Waals surface area contributed by atoms with Gasteiger partial charge in [0.15, 0.2) is 11.0 Å². The number of hydrogen-bond acceptors (Lipinski definition) is 5. The first-order valence-electron chi connectivity index (χ1n) is 9.21. The molecule has 0 aliphatic carbocycles. The molecule has 28 heavy (non-hydrogen) atoms. The van der Waals surface area contributed by atoms with Crippen molar-refractivity contribution in [3.63, 3.8) is 0 Å². The average molecular weight is 397 g/mol. The summed E-state index contributed by atoms with van der Waals surface area (Å²) in [4.78, 5) is 12.1. The molecule has 5 nitrogen and oxygen atoms in total. The zero-order valence-electron chi connectivity index (χ0n) is 15.4. The number of carbonyl (C=O) groups is 1. The van der Waals surface area contributed by atoms with Crippen molar-refractivity contribution in [3.05, 3.63) is 66.0 Å². The Labute approximate surface area is 166 Å². The Balaban J connectivity index is 1.65. The minimum atomic E-state index is -0.346. The fraction of sp³-hybridized carbons (Fsp3) is 0.286. The number of cyclic esters (lactones) is 1. The number of halogens is 1. The van der Waals surface area contributed by atoms with Gasteiger partial charge in [0.25, 0.3) is 0 Å². The van der Waals surface area contributed by atoms with Crippen LogP contribution in [0.15, 0.2) is 59.8 Å². The van der Waals surface area contributed by atoms with Crippen LogP contribution in [0.1, 0.15) is 18.9 Å². The van der Waals surface area contributed by atoms with E-state index in [1.165, 1.54) is 23.4 Å². The minimum Gasteiger partial charge on any atom is -0.462 e. The van der Waals surface area contributed by atoms with Gasteiger partial charge in [-0.25, -0.2) is 4.39 Å². The van der Waals surface area contributed by atoms with Crippen molar-refractivity contribution < 1.29 is 13.9 Å². The Morgan fingerprint density at radius 3 is 2.61 bits per heavy atom. The normalized spacial score (nSPS) is 19.0. The molecule has 0 N–H and O–H groups in total. The van der Waals surface area contributed by atoms with E-state index in [-0.39, 0.29) is 23.1 Å². The van der Waals surface area contributed by atoms with Crippen LogP contribution in [0, 0.1) is 5.82 Å². The van der Waals surface area contributed by atoms with Crippen molar-refractivity contribution in [2.24, 2.45) is 0 Å². The summed E-state index contributed by atoms with van der Waals surface area (Å²) >= 11 is 1.34. The molecule has 144 valence electrons. The highest BCUT2D eigenvalue weighted by molar-refractivity contribution is 8.00. The third-order valence-electron chi connectivity index (χ3n) is 4.67. The number of aromatic nitrogens is 3. The smallest absolute Gasteiger partial charge is 0.319 e. The van der Waals surface area contributed by atoms with Gasteiger partial charge in [0.05, 0.1) is 5.56 Å². The summed E-state index contributed by atoms with van der Waals surface area (Å²) in [6.45, 7) is 2.46. The van der Waals surface area contributed by atoms with Crippen LogP contribution in [0.25, 0.3) is 11.4 Å². The predicted octanol–water partition coefficient (Wildman–Crippen LogP) is 4.12. The quantitative estimate of drug-likeness (QED) is 0.586. The molecule has 1 saturated heterocycles. The molecule has 0 saturated carbocycles. The molecule has 4 rings (SSSR count). The largest absolute Gasteiger partial charge is 0.462 e. The number of ether oxygens (including phenoxy) is 1. The van der Waals surface area contributed by atoms with Gasteiger partial charge in [-0.1, -0.05) is 54.2 Å². The van der Waals surface area contributed by atoms with Crippen molar-refractivity contribution in [2.45, 2.75) is 42.8 Å². The lowest BCUT2D eigenvalue weighted by Crippen LogP contribution is -2.12. The maximum atomic E-state index is 14.4. The Kier molecular flexibility index (Phi) is 5.43. The lowest BCUT2D eigenvalue weighted by atomic mass is 10.1. The highest BCUT2D eigenvalue weighted by atomic mass is 32.2. The molecule has 1 aliphatic heterocycles. The molecular weight excluding hydrogens is 377 g/mol. The first-order valence-corrected chi connectivity index (χ1v) is 10.1. The lowest BCUT2D eigenvalue weighted by Gasteiger charge is -2.12. The van der Waals surface area contributed by atoms with Gasteiger partial charge in [-0.05, 0) is 31.0 Å². The fourth-order valence-corrected chi connectivity index (χ4v) is 4.41. The van der Waals surface area contributed by atoms with Crippen molar-refractivity contribution in [1.82, 2.24) is 14.8 Å². The predicted molar refractivity (Wildman–Crippen MR) is 105 cm³/mol. The zero-order valence-corrected chi connectivity index (χ0v) is 16.2. The van der Waals surface area contributed by atoms with Crippen LogP contribution in [-0.4, -0.2) is 32.1 Å². The second kappa shape index (κ2) is 8.14. The summed E-state index contributed by atoms with van der Waals surface area (Å²) in [6.07, 6.45) is 1.28. The highest BCUT2D eigenvalue weighted by Crippen LogP contribution is 2.33. The topological polar surface area (TPSA) is 57.0 Å². The summed E-state index contributed by atoms with van der Waals surface area (Å²) in [7, 11) is 0. The summed E-state index contributed by atoms with van der Waals surface area (Å²) in [5, 5.41) is 8.80. The second-order valence-electron chi connectivity index (χ2n) is 6.76. The van der Waals surface area contributed by atoms with E-state index in [1.54, 1.807) is 18.2 Å². The van der Waals surface area contributed by atoms with Crippen molar-refractivity contribution >= 4 is 17.7 Å². The van der Waals surface area contributed by atoms with Crippen LogP contribution in [0.4, 0.5) is 4.39 Å². The van der Waals surface area contributed by atoms with E-state index in [0.717, 1.165) is 6.42 Å². The lowest BCUT2D eigenvalue weighted by molar-refractivity contribution is -0.140. The van der Waals surface area contributed by atoms with Gasteiger partial charge in [-0.3, -0.25) is 4.79 Å². The van der Waals surface area contributed by atoms with E-state index in [2.05, 4.69) is 22.3 Å². The molecule has 2 heterocycles. The van der Waals surface area contributed by atoms with Crippen LogP contribution in [0.5, 0.6) is 0 Å². The molecule has 3 aromatic rings. The van der Waals surface area contributed by atoms with E-state index >= 15 is 0 Å². The third-order valence-corrected chi connectivity index (χ3v) is 5.85. The van der Waals surface area contributed by atoms with Gasteiger partial charge in [0.2, 0.25) is 0 Å². The highest BCUT2D eigenvalue weighted by Gasteiger charge is 2.34. The van der Waals surface area contributed by atoms with Crippen LogP contribution in [0.2, 0.25) is 0 Å². The standard InChI is InChI=1S/C21H20FN3O2S/c1-14-13-18(20(26)27-14)28-21-24-23-19(16-9-5-6-10-17(16)22)25(21)12-11-15-7-3-2-4-8-15/h2-10,14,18H,11-13H2,1H3/t14-,18+/m1/s1. The molecular formula is C21H20FN3O2S. The number of carbonyl (C=O) groups excluding carboxylic acids is 1. The van der Waals surface area contributed by atoms with E-state index in [9.17, 15) is 9.18 Å². The van der Waals surface area contributed by atoms with E-state index in [0.29, 0.717) is 29.5 Å². The molecule has 0 spiro atoms. The summed E-state index contributed by atoms with van der Waals surface area (Å²) in [5.41, 5.74) is 1.57. The number of hydrogen-bond donors (Lipinski definition) is 0. The molecule has 2 atom stereocenters. The van der Waals surface area contributed by atoms with Gasteiger partial charge in [-0.15, -0.1) is 10.2 Å². The summed E-state index contributed by atoms with van der Waals surface area (Å²) < 4.78 is 21.5. The Hall–Kier alpha value is -2.67. The molecule has 2 aromatic carbocycles. The Bertz CT molecular complexity index is 977. The van der Waals surface area contributed by atoms with Gasteiger partial charge in [-0.2, -0.15) is 0 Å². The molecule has 0 radical (unpaired) electrons. The number of thioether (sulfide) groups is 1. The molecule has 0 bridgehead atoms. The van der Waals surface area contributed by atoms with Crippen LogP contribution in [0.3, 0.4) is 0 Å². The Morgan fingerprint density at radius 1 is 1.14 bits per heavy atom. The first-order chi connectivity index (χ1) is 13.6. The number of rotatable bonds is 6. The zero-order chi connectivity index (χ0) is 19.5. The summed E-state index contributed by atoms with van der Waals surface area (Å²) in [5.74, 6) is -0.111. The van der Waals surface area contributed by atoms with Crippen LogP contribution in [-0.2, 0) is 22.5 Å². The third kappa shape index (κ3) is 3.94. The van der Waals surface area contributed by atoms with Gasteiger partial charge >= 0.3 is 5.97 Å². The second-order valence-corrected chi connectivity index (χ2v) is 7.93. The minimum absolute atomic E-state index is 0.100. The van der Waals surface area contributed by atoms with Crippen molar-refractivity contribution in [2.75, 3.05) is 0 Å². The number of benzene rings is 2. The van der Waals surface area contributed by atoms with E-state index < -0.39 is 0 Å². The van der Waals surface area contributed by atoms with Crippen molar-refractivity contribution in [3.8, 4) is 11.4 Å². The average Bonchev–Trinajstić information content (AvgIpc) is 3.23. The van der Waals surface area contributed by atoms with Crippen LogP contribution >= 0.6 is 11.8 Å². The fourth-order valence-electron chi connectivity index (χ4n) is 3.25. The number of esters is 1. The van der Waals surface area contributed by atoms with E-state index in [1.807, 2.05) is 29.7 Å². The van der Waals surface area contributed by atoms with Crippen LogP contribution < -0.4 is 0 Å². The maximum absolute atomic E-state index is 14.4. The molecule has 0 unspecified atom stereocenters. The molecule has 1 aromatic heterocycles.